The van der Waals surface area contributed by atoms with E-state index in [1.165, 1.54) is 0 Å². The third kappa shape index (κ3) is 2.86. The van der Waals surface area contributed by atoms with E-state index in [-0.39, 0.29) is 11.4 Å². The molecular formula is C20H14N4. The van der Waals surface area contributed by atoms with E-state index in [0.29, 0.717) is 11.4 Å². The first-order valence-corrected chi connectivity index (χ1v) is 7.48. The first kappa shape index (κ1) is 15.4. The predicted molar refractivity (Wildman–Crippen MR) is 91.8 cm³/mol. The number of aryl methyl sites for hydroxylation is 2. The van der Waals surface area contributed by atoms with Gasteiger partial charge in [0.05, 0.1) is 11.4 Å². The zero-order valence-corrected chi connectivity index (χ0v) is 13.4. The molecule has 0 unspecified atom stereocenters. The van der Waals surface area contributed by atoms with Crippen LogP contribution in [0.3, 0.4) is 0 Å². The Balaban J connectivity index is 2.29. The van der Waals surface area contributed by atoms with Crippen molar-refractivity contribution in [1.82, 2.24) is 9.97 Å². The molecule has 0 aliphatic rings. The summed E-state index contributed by atoms with van der Waals surface area (Å²) in [6.07, 6.45) is 0. The number of benzene rings is 2. The van der Waals surface area contributed by atoms with E-state index in [9.17, 15) is 10.5 Å². The molecule has 0 bridgehead atoms. The average Bonchev–Trinajstić information content (AvgIpc) is 2.62. The summed E-state index contributed by atoms with van der Waals surface area (Å²) in [6, 6.07) is 19.7. The van der Waals surface area contributed by atoms with Gasteiger partial charge in [0, 0.05) is 11.1 Å². The zero-order valence-electron chi connectivity index (χ0n) is 13.4. The zero-order chi connectivity index (χ0) is 17.1. The van der Waals surface area contributed by atoms with Crippen LogP contribution in [-0.2, 0) is 0 Å². The quantitative estimate of drug-likeness (QED) is 0.712. The lowest BCUT2D eigenvalue weighted by atomic mass is 10.0. The number of nitriles is 2. The van der Waals surface area contributed by atoms with Crippen molar-refractivity contribution in [2.45, 2.75) is 13.8 Å². The summed E-state index contributed by atoms with van der Waals surface area (Å²) in [6.45, 7) is 4.02. The van der Waals surface area contributed by atoms with E-state index in [2.05, 4.69) is 9.97 Å². The van der Waals surface area contributed by atoms with Crippen molar-refractivity contribution >= 4 is 0 Å². The fraction of sp³-hybridized carbons (Fsp3) is 0.100. The van der Waals surface area contributed by atoms with Gasteiger partial charge in [0.2, 0.25) is 0 Å². The summed E-state index contributed by atoms with van der Waals surface area (Å²) in [5, 5.41) is 18.5. The summed E-state index contributed by atoms with van der Waals surface area (Å²) in [5.41, 5.74) is 5.31. The molecule has 3 rings (SSSR count). The normalized spacial score (nSPS) is 10.0. The highest BCUT2D eigenvalue weighted by Crippen LogP contribution is 2.30. The second-order valence-corrected chi connectivity index (χ2v) is 5.57. The largest absolute Gasteiger partial charge is 0.232 e. The molecule has 1 heterocycles. The van der Waals surface area contributed by atoms with E-state index < -0.39 is 0 Å². The van der Waals surface area contributed by atoms with Gasteiger partial charge in [0.25, 0.3) is 0 Å². The third-order valence-electron chi connectivity index (χ3n) is 3.76. The number of rotatable bonds is 2. The maximum absolute atomic E-state index is 9.26. The van der Waals surface area contributed by atoms with Crippen LogP contribution in [0.15, 0.2) is 48.5 Å². The van der Waals surface area contributed by atoms with E-state index in [0.717, 1.165) is 22.3 Å². The fourth-order valence-electron chi connectivity index (χ4n) is 2.42. The Kier molecular flexibility index (Phi) is 4.05. The van der Waals surface area contributed by atoms with Gasteiger partial charge in [-0.1, -0.05) is 59.7 Å². The highest BCUT2D eigenvalue weighted by molar-refractivity contribution is 5.79. The van der Waals surface area contributed by atoms with Crippen molar-refractivity contribution in [2.75, 3.05) is 0 Å². The fourth-order valence-corrected chi connectivity index (χ4v) is 2.42. The van der Waals surface area contributed by atoms with Gasteiger partial charge in [-0.15, -0.1) is 0 Å². The van der Waals surface area contributed by atoms with Gasteiger partial charge in [0.15, 0.2) is 11.4 Å². The minimum Gasteiger partial charge on any atom is -0.232 e. The Labute approximate surface area is 140 Å². The molecule has 4 heteroatoms. The van der Waals surface area contributed by atoms with Crippen LogP contribution < -0.4 is 0 Å². The first-order valence-electron chi connectivity index (χ1n) is 7.48. The van der Waals surface area contributed by atoms with Crippen LogP contribution in [-0.4, -0.2) is 9.97 Å². The molecule has 1 aromatic heterocycles. The van der Waals surface area contributed by atoms with Gasteiger partial charge < -0.3 is 0 Å². The summed E-state index contributed by atoms with van der Waals surface area (Å²) >= 11 is 0. The molecule has 0 saturated carbocycles. The Morgan fingerprint density at radius 3 is 1.25 bits per heavy atom. The molecule has 0 radical (unpaired) electrons. The summed E-state index contributed by atoms with van der Waals surface area (Å²) in [4.78, 5) is 8.83. The highest BCUT2D eigenvalue weighted by atomic mass is 14.9. The monoisotopic (exact) mass is 310 g/mol. The van der Waals surface area contributed by atoms with Crippen molar-refractivity contribution in [1.29, 1.82) is 10.5 Å². The van der Waals surface area contributed by atoms with Crippen LogP contribution in [0.1, 0.15) is 22.5 Å². The number of nitrogens with zero attached hydrogens (tertiary/aromatic N) is 4. The van der Waals surface area contributed by atoms with Gasteiger partial charge >= 0.3 is 0 Å². The van der Waals surface area contributed by atoms with E-state index in [1.54, 1.807) is 0 Å². The number of hydrogen-bond acceptors (Lipinski definition) is 4. The first-order chi connectivity index (χ1) is 11.6. The second-order valence-electron chi connectivity index (χ2n) is 5.57. The van der Waals surface area contributed by atoms with Crippen molar-refractivity contribution in [3.8, 4) is 34.7 Å². The van der Waals surface area contributed by atoms with E-state index in [4.69, 9.17) is 0 Å². The van der Waals surface area contributed by atoms with Gasteiger partial charge in [-0.2, -0.15) is 10.5 Å². The Morgan fingerprint density at radius 2 is 0.958 bits per heavy atom. The van der Waals surface area contributed by atoms with Gasteiger partial charge in [-0.3, -0.25) is 0 Å². The molecule has 0 aliphatic heterocycles. The minimum atomic E-state index is 0.0453. The SMILES string of the molecule is Cc1ccc(-c2nc(C#N)c(C#N)nc2-c2ccc(C)cc2)cc1. The number of hydrogen-bond donors (Lipinski definition) is 0. The van der Waals surface area contributed by atoms with Crippen LogP contribution in [0.5, 0.6) is 0 Å². The van der Waals surface area contributed by atoms with Crippen molar-refractivity contribution < 1.29 is 0 Å². The summed E-state index contributed by atoms with van der Waals surface area (Å²) in [7, 11) is 0. The van der Waals surface area contributed by atoms with Crippen LogP contribution >= 0.6 is 0 Å². The molecule has 0 fully saturated rings. The van der Waals surface area contributed by atoms with Crippen molar-refractivity contribution in [2.24, 2.45) is 0 Å². The second kappa shape index (κ2) is 6.32. The lowest BCUT2D eigenvalue weighted by molar-refractivity contribution is 1.14. The topological polar surface area (TPSA) is 73.4 Å². The van der Waals surface area contributed by atoms with Crippen LogP contribution in [0.2, 0.25) is 0 Å². The lowest BCUT2D eigenvalue weighted by Crippen LogP contribution is -2.01. The number of aromatic nitrogens is 2. The smallest absolute Gasteiger partial charge is 0.177 e. The van der Waals surface area contributed by atoms with E-state index in [1.807, 2.05) is 74.5 Å². The lowest BCUT2D eigenvalue weighted by Gasteiger charge is -2.10. The average molecular weight is 310 g/mol. The van der Waals surface area contributed by atoms with Crippen LogP contribution in [0.4, 0.5) is 0 Å². The summed E-state index contributed by atoms with van der Waals surface area (Å²) in [5.74, 6) is 0. The Morgan fingerprint density at radius 1 is 0.625 bits per heavy atom. The Bertz CT molecular complexity index is 890. The van der Waals surface area contributed by atoms with Crippen LogP contribution in [0.25, 0.3) is 22.5 Å². The predicted octanol–water partition coefficient (Wildman–Crippen LogP) is 4.17. The Hall–Kier alpha value is -3.50. The van der Waals surface area contributed by atoms with Gasteiger partial charge in [0.1, 0.15) is 12.1 Å². The van der Waals surface area contributed by atoms with Crippen molar-refractivity contribution in [3.63, 3.8) is 0 Å². The van der Waals surface area contributed by atoms with Gasteiger partial charge in [-0.05, 0) is 13.8 Å². The molecular weight excluding hydrogens is 296 g/mol. The molecule has 0 spiro atoms. The summed E-state index contributed by atoms with van der Waals surface area (Å²) < 4.78 is 0. The molecule has 3 aromatic rings. The maximum atomic E-state index is 9.26. The van der Waals surface area contributed by atoms with Crippen LogP contribution in [0, 0.1) is 36.5 Å². The van der Waals surface area contributed by atoms with E-state index >= 15 is 0 Å². The molecule has 2 aromatic carbocycles. The molecule has 0 amide bonds. The highest BCUT2D eigenvalue weighted by Gasteiger charge is 2.16. The molecule has 0 atom stereocenters. The standard InChI is InChI=1S/C20H14N4/c1-13-3-7-15(8-4-13)19-20(16-9-5-14(2)6-10-16)24-18(12-22)17(11-21)23-19/h3-10H,1-2H3. The molecule has 0 saturated heterocycles. The molecule has 0 aliphatic carbocycles. The maximum Gasteiger partial charge on any atom is 0.177 e. The van der Waals surface area contributed by atoms with Gasteiger partial charge in [-0.25, -0.2) is 9.97 Å². The van der Waals surface area contributed by atoms with Crippen molar-refractivity contribution in [3.05, 3.63) is 71.0 Å². The molecule has 114 valence electrons. The minimum absolute atomic E-state index is 0.0453. The third-order valence-corrected chi connectivity index (χ3v) is 3.76. The molecule has 0 N–H and O–H groups in total. The molecule has 4 nitrogen and oxygen atoms in total. The molecule has 24 heavy (non-hydrogen) atoms.